The van der Waals surface area contributed by atoms with Crippen molar-refractivity contribution in [3.05, 3.63) is 93.7 Å². The minimum absolute atomic E-state index is 0.0580. The van der Waals surface area contributed by atoms with Crippen LogP contribution in [0.4, 0.5) is 5.69 Å². The molecule has 1 aliphatic rings. The fourth-order valence-corrected chi connectivity index (χ4v) is 3.82. The van der Waals surface area contributed by atoms with E-state index in [4.69, 9.17) is 27.9 Å². The lowest BCUT2D eigenvalue weighted by atomic mass is 9.96. The number of ether oxygens (including phenoxy) is 1. The number of hydrogen-bond acceptors (Lipinski definition) is 5. The number of Topliss-reactive ketones (excluding diaryl/α,β-unsaturated/α-hetero) is 1. The average molecular weight is 455 g/mol. The normalized spacial score (nSPS) is 17.8. The van der Waals surface area contributed by atoms with Crippen LogP contribution in [0.5, 0.6) is 5.75 Å². The van der Waals surface area contributed by atoms with Crippen molar-refractivity contribution >= 4 is 46.3 Å². The van der Waals surface area contributed by atoms with Crippen LogP contribution in [0.1, 0.15) is 17.2 Å². The molecular formula is C23H16Cl2N2O4. The molecule has 1 unspecified atom stereocenters. The summed E-state index contributed by atoms with van der Waals surface area (Å²) >= 11 is 12.1. The van der Waals surface area contributed by atoms with E-state index >= 15 is 0 Å². The standard InChI is InChI=1S/C23H16Cl2N2O4/c1-31-16-4-2-3-15(12-16)27-20(13-7-9-26-10-8-13)19(22(29)23(27)30)21(28)14-5-6-17(24)18(25)11-14/h2-12,20,28H,1H3/b21-19+. The number of aliphatic hydroxyl groups is 1. The van der Waals surface area contributed by atoms with E-state index in [1.165, 1.54) is 30.2 Å². The highest BCUT2D eigenvalue weighted by atomic mass is 35.5. The lowest BCUT2D eigenvalue weighted by molar-refractivity contribution is -0.132. The Kier molecular flexibility index (Phi) is 5.67. The molecule has 0 bridgehead atoms. The molecule has 1 aliphatic heterocycles. The van der Waals surface area contributed by atoms with Crippen molar-refractivity contribution in [2.24, 2.45) is 0 Å². The summed E-state index contributed by atoms with van der Waals surface area (Å²) in [5, 5.41) is 11.6. The van der Waals surface area contributed by atoms with Crippen LogP contribution in [0, 0.1) is 0 Å². The zero-order valence-electron chi connectivity index (χ0n) is 16.3. The number of halogens is 2. The Morgan fingerprint density at radius 2 is 1.77 bits per heavy atom. The van der Waals surface area contributed by atoms with Crippen molar-refractivity contribution in [3.63, 3.8) is 0 Å². The second kappa shape index (κ2) is 8.41. The average Bonchev–Trinajstić information content (AvgIpc) is 3.06. The van der Waals surface area contributed by atoms with Gasteiger partial charge in [0.05, 0.1) is 28.8 Å². The predicted octanol–water partition coefficient (Wildman–Crippen LogP) is 5.02. The molecule has 31 heavy (non-hydrogen) atoms. The Balaban J connectivity index is 1.94. The van der Waals surface area contributed by atoms with Gasteiger partial charge >= 0.3 is 0 Å². The van der Waals surface area contributed by atoms with E-state index in [-0.39, 0.29) is 21.9 Å². The van der Waals surface area contributed by atoms with Crippen molar-refractivity contribution in [1.29, 1.82) is 0 Å². The first-order valence-electron chi connectivity index (χ1n) is 9.22. The van der Waals surface area contributed by atoms with Gasteiger partial charge in [0.2, 0.25) is 0 Å². The Morgan fingerprint density at radius 3 is 2.45 bits per heavy atom. The highest BCUT2D eigenvalue weighted by Gasteiger charge is 2.47. The monoisotopic (exact) mass is 454 g/mol. The molecule has 0 saturated carbocycles. The first-order chi connectivity index (χ1) is 14.9. The molecule has 1 aromatic heterocycles. The molecule has 1 N–H and O–H groups in total. The number of anilines is 1. The molecule has 1 amide bonds. The van der Waals surface area contributed by atoms with E-state index in [1.54, 1.807) is 48.8 Å². The number of carbonyl (C=O) groups is 2. The van der Waals surface area contributed by atoms with Crippen molar-refractivity contribution in [1.82, 2.24) is 4.98 Å². The topological polar surface area (TPSA) is 79.7 Å². The highest BCUT2D eigenvalue weighted by Crippen LogP contribution is 2.43. The van der Waals surface area contributed by atoms with Crippen LogP contribution < -0.4 is 9.64 Å². The molecule has 3 aromatic rings. The number of methoxy groups -OCH3 is 1. The first-order valence-corrected chi connectivity index (χ1v) is 9.98. The van der Waals surface area contributed by atoms with Gasteiger partial charge in [0.25, 0.3) is 11.7 Å². The molecule has 2 heterocycles. The van der Waals surface area contributed by atoms with Crippen LogP contribution in [0.3, 0.4) is 0 Å². The maximum Gasteiger partial charge on any atom is 0.300 e. The zero-order chi connectivity index (χ0) is 22.1. The Bertz CT molecular complexity index is 1210. The van der Waals surface area contributed by atoms with E-state index < -0.39 is 17.7 Å². The number of rotatable bonds is 4. The molecule has 156 valence electrons. The molecule has 0 spiro atoms. The molecular weight excluding hydrogens is 439 g/mol. The van der Waals surface area contributed by atoms with Crippen LogP contribution >= 0.6 is 23.2 Å². The SMILES string of the molecule is COc1cccc(N2C(=O)C(=O)/C(=C(/O)c3ccc(Cl)c(Cl)c3)C2c2ccncc2)c1. The maximum absolute atomic E-state index is 13.1. The van der Waals surface area contributed by atoms with Gasteiger partial charge in [0.15, 0.2) is 0 Å². The van der Waals surface area contributed by atoms with Crippen LogP contribution in [-0.4, -0.2) is 28.9 Å². The van der Waals surface area contributed by atoms with E-state index in [0.29, 0.717) is 22.0 Å². The number of amides is 1. The van der Waals surface area contributed by atoms with E-state index in [1.807, 2.05) is 0 Å². The molecule has 1 fully saturated rings. The number of pyridine rings is 1. The van der Waals surface area contributed by atoms with Gasteiger partial charge in [-0.3, -0.25) is 19.5 Å². The number of carbonyl (C=O) groups excluding carboxylic acids is 2. The molecule has 8 heteroatoms. The van der Waals surface area contributed by atoms with Gasteiger partial charge in [0, 0.05) is 29.7 Å². The van der Waals surface area contributed by atoms with Gasteiger partial charge < -0.3 is 9.84 Å². The van der Waals surface area contributed by atoms with Crippen LogP contribution in [0.2, 0.25) is 10.0 Å². The minimum Gasteiger partial charge on any atom is -0.507 e. The quantitative estimate of drug-likeness (QED) is 0.340. The van der Waals surface area contributed by atoms with Crippen molar-refractivity contribution in [2.75, 3.05) is 12.0 Å². The number of ketones is 1. The lowest BCUT2D eigenvalue weighted by Crippen LogP contribution is -2.29. The number of nitrogens with zero attached hydrogens (tertiary/aromatic N) is 2. The second-order valence-corrected chi connectivity index (χ2v) is 7.59. The van der Waals surface area contributed by atoms with Crippen LogP contribution in [0.15, 0.2) is 72.6 Å². The van der Waals surface area contributed by atoms with E-state index in [0.717, 1.165) is 0 Å². The summed E-state index contributed by atoms with van der Waals surface area (Å²) in [5.41, 5.74) is 1.28. The van der Waals surface area contributed by atoms with Gasteiger partial charge in [-0.2, -0.15) is 0 Å². The maximum atomic E-state index is 13.1. The smallest absolute Gasteiger partial charge is 0.300 e. The number of hydrogen-bond donors (Lipinski definition) is 1. The number of aliphatic hydroxyl groups excluding tert-OH is 1. The highest BCUT2D eigenvalue weighted by molar-refractivity contribution is 6.51. The summed E-state index contributed by atoms with van der Waals surface area (Å²) in [6.45, 7) is 0. The predicted molar refractivity (Wildman–Crippen MR) is 118 cm³/mol. The third-order valence-electron chi connectivity index (χ3n) is 4.99. The summed E-state index contributed by atoms with van der Waals surface area (Å²) in [5.74, 6) is -1.40. The van der Waals surface area contributed by atoms with Gasteiger partial charge in [0.1, 0.15) is 11.5 Å². The molecule has 4 rings (SSSR count). The zero-order valence-corrected chi connectivity index (χ0v) is 17.8. The van der Waals surface area contributed by atoms with Gasteiger partial charge in [-0.1, -0.05) is 29.3 Å². The third kappa shape index (κ3) is 3.76. The molecule has 1 saturated heterocycles. The largest absolute Gasteiger partial charge is 0.507 e. The third-order valence-corrected chi connectivity index (χ3v) is 5.73. The molecule has 0 radical (unpaired) electrons. The Hall–Kier alpha value is -3.35. The summed E-state index contributed by atoms with van der Waals surface area (Å²) in [7, 11) is 1.51. The summed E-state index contributed by atoms with van der Waals surface area (Å²) < 4.78 is 5.26. The number of benzene rings is 2. The molecule has 1 atom stereocenters. The van der Waals surface area contributed by atoms with E-state index in [2.05, 4.69) is 4.98 Å². The summed E-state index contributed by atoms with van der Waals surface area (Å²) in [6.07, 6.45) is 3.11. The van der Waals surface area contributed by atoms with Crippen LogP contribution in [-0.2, 0) is 9.59 Å². The van der Waals surface area contributed by atoms with Crippen molar-refractivity contribution < 1.29 is 19.4 Å². The fraction of sp³-hybridized carbons (Fsp3) is 0.0870. The van der Waals surface area contributed by atoms with Crippen molar-refractivity contribution in [3.8, 4) is 5.75 Å². The lowest BCUT2D eigenvalue weighted by Gasteiger charge is -2.25. The van der Waals surface area contributed by atoms with Gasteiger partial charge in [-0.25, -0.2) is 0 Å². The van der Waals surface area contributed by atoms with Gasteiger partial charge in [-0.05, 0) is 48.0 Å². The van der Waals surface area contributed by atoms with Crippen molar-refractivity contribution in [2.45, 2.75) is 6.04 Å². The van der Waals surface area contributed by atoms with E-state index in [9.17, 15) is 14.7 Å². The Labute approximate surface area is 188 Å². The minimum atomic E-state index is -0.871. The Morgan fingerprint density at radius 1 is 1.03 bits per heavy atom. The fourth-order valence-electron chi connectivity index (χ4n) is 3.52. The summed E-state index contributed by atoms with van der Waals surface area (Å²) in [4.78, 5) is 31.5. The van der Waals surface area contributed by atoms with Gasteiger partial charge in [-0.15, -0.1) is 0 Å². The first kappa shape index (κ1) is 20.9. The number of aromatic nitrogens is 1. The van der Waals surface area contributed by atoms with Crippen LogP contribution in [0.25, 0.3) is 5.76 Å². The second-order valence-electron chi connectivity index (χ2n) is 6.78. The summed E-state index contributed by atoms with van der Waals surface area (Å²) in [6, 6.07) is 13.8. The molecule has 2 aromatic carbocycles. The molecule has 6 nitrogen and oxygen atoms in total. The molecule has 0 aliphatic carbocycles.